The molecule has 0 radical (unpaired) electrons. The van der Waals surface area contributed by atoms with Crippen LogP contribution in [0.2, 0.25) is 0 Å². The molecule has 0 saturated carbocycles. The van der Waals surface area contributed by atoms with Crippen molar-refractivity contribution in [3.05, 3.63) is 29.8 Å². The van der Waals surface area contributed by atoms with Gasteiger partial charge in [-0.2, -0.15) is 0 Å². The molecule has 0 spiro atoms. The zero-order chi connectivity index (χ0) is 12.3. The van der Waals surface area contributed by atoms with Gasteiger partial charge < -0.3 is 15.2 Å². The van der Waals surface area contributed by atoms with Crippen LogP contribution in [0.1, 0.15) is 38.3 Å². The fraction of sp³-hybridized carbons (Fsp3) is 0.571. The highest BCUT2D eigenvalue weighted by molar-refractivity contribution is 5.37. The first-order valence-corrected chi connectivity index (χ1v) is 6.32. The topological polar surface area (TPSA) is 41.5 Å². The molecule has 0 bridgehead atoms. The number of ether oxygens (including phenoxy) is 1. The molecule has 2 rings (SSSR count). The van der Waals surface area contributed by atoms with E-state index in [9.17, 15) is 5.11 Å². The standard InChI is InChI=1S/C14H21NO2/c1-10(9-11(2)16)15-13-7-8-17-14-6-4-3-5-12(13)14/h3-6,10-11,13,15-16H,7-9H2,1-2H3. The molecule has 3 nitrogen and oxygen atoms in total. The smallest absolute Gasteiger partial charge is 0.124 e. The van der Waals surface area contributed by atoms with Gasteiger partial charge in [-0.25, -0.2) is 0 Å². The van der Waals surface area contributed by atoms with Crippen molar-refractivity contribution in [1.82, 2.24) is 5.32 Å². The lowest BCUT2D eigenvalue weighted by Crippen LogP contribution is -2.35. The summed E-state index contributed by atoms with van der Waals surface area (Å²) < 4.78 is 5.63. The van der Waals surface area contributed by atoms with E-state index in [1.165, 1.54) is 5.56 Å². The van der Waals surface area contributed by atoms with Crippen LogP contribution in [0.15, 0.2) is 24.3 Å². The summed E-state index contributed by atoms with van der Waals surface area (Å²) in [5, 5.41) is 12.9. The zero-order valence-corrected chi connectivity index (χ0v) is 10.5. The molecule has 3 atom stereocenters. The van der Waals surface area contributed by atoms with Crippen molar-refractivity contribution in [2.24, 2.45) is 0 Å². The summed E-state index contributed by atoms with van der Waals surface area (Å²) in [6, 6.07) is 8.82. The Morgan fingerprint density at radius 2 is 2.18 bits per heavy atom. The largest absolute Gasteiger partial charge is 0.493 e. The first kappa shape index (κ1) is 12.4. The molecule has 1 aromatic carbocycles. The van der Waals surface area contributed by atoms with Gasteiger partial charge in [0.1, 0.15) is 5.75 Å². The van der Waals surface area contributed by atoms with Crippen LogP contribution in [-0.4, -0.2) is 23.9 Å². The van der Waals surface area contributed by atoms with Crippen molar-refractivity contribution in [2.75, 3.05) is 6.61 Å². The second kappa shape index (κ2) is 5.52. The highest BCUT2D eigenvalue weighted by Crippen LogP contribution is 2.31. The van der Waals surface area contributed by atoms with Gasteiger partial charge in [0.2, 0.25) is 0 Å². The summed E-state index contributed by atoms with van der Waals surface area (Å²) >= 11 is 0. The molecule has 94 valence electrons. The third-order valence-electron chi connectivity index (χ3n) is 3.14. The zero-order valence-electron chi connectivity index (χ0n) is 10.5. The number of benzene rings is 1. The van der Waals surface area contributed by atoms with Gasteiger partial charge in [0.25, 0.3) is 0 Å². The number of aliphatic hydroxyl groups is 1. The normalized spacial score (nSPS) is 22.4. The Labute approximate surface area is 103 Å². The first-order chi connectivity index (χ1) is 8.16. The molecule has 1 aliphatic heterocycles. The van der Waals surface area contributed by atoms with E-state index < -0.39 is 0 Å². The van der Waals surface area contributed by atoms with Gasteiger partial charge in [-0.15, -0.1) is 0 Å². The van der Waals surface area contributed by atoms with E-state index in [4.69, 9.17) is 4.74 Å². The lowest BCUT2D eigenvalue weighted by Gasteiger charge is -2.29. The molecule has 0 aliphatic carbocycles. The summed E-state index contributed by atoms with van der Waals surface area (Å²) in [7, 11) is 0. The van der Waals surface area contributed by atoms with Crippen LogP contribution in [0.3, 0.4) is 0 Å². The summed E-state index contributed by atoms with van der Waals surface area (Å²) in [6.07, 6.45) is 1.51. The van der Waals surface area contributed by atoms with Crippen molar-refractivity contribution < 1.29 is 9.84 Å². The van der Waals surface area contributed by atoms with Gasteiger partial charge in [-0.3, -0.25) is 0 Å². The van der Waals surface area contributed by atoms with Crippen molar-refractivity contribution in [3.63, 3.8) is 0 Å². The van der Waals surface area contributed by atoms with E-state index in [2.05, 4.69) is 18.3 Å². The van der Waals surface area contributed by atoms with E-state index in [0.717, 1.165) is 25.2 Å². The Bertz CT molecular complexity index is 365. The maximum absolute atomic E-state index is 9.38. The number of nitrogens with one attached hydrogen (secondary N) is 1. The molecular formula is C14H21NO2. The summed E-state index contributed by atoms with van der Waals surface area (Å²) in [6.45, 7) is 4.71. The van der Waals surface area contributed by atoms with Gasteiger partial charge >= 0.3 is 0 Å². The van der Waals surface area contributed by atoms with Crippen LogP contribution < -0.4 is 10.1 Å². The minimum Gasteiger partial charge on any atom is -0.493 e. The minimum absolute atomic E-state index is 0.257. The third-order valence-corrected chi connectivity index (χ3v) is 3.14. The molecule has 1 aliphatic rings. The molecule has 0 amide bonds. The van der Waals surface area contributed by atoms with E-state index in [1.54, 1.807) is 0 Å². The van der Waals surface area contributed by atoms with Crippen LogP contribution >= 0.6 is 0 Å². The van der Waals surface area contributed by atoms with Crippen LogP contribution in [0.5, 0.6) is 5.75 Å². The average Bonchev–Trinajstić information content (AvgIpc) is 2.28. The monoisotopic (exact) mass is 235 g/mol. The average molecular weight is 235 g/mol. The van der Waals surface area contributed by atoms with Gasteiger partial charge in [0, 0.05) is 24.1 Å². The fourth-order valence-corrected chi connectivity index (χ4v) is 2.44. The van der Waals surface area contributed by atoms with Crippen LogP contribution in [0.4, 0.5) is 0 Å². The highest BCUT2D eigenvalue weighted by atomic mass is 16.5. The summed E-state index contributed by atoms with van der Waals surface area (Å²) in [4.78, 5) is 0. The first-order valence-electron chi connectivity index (χ1n) is 6.32. The predicted molar refractivity (Wildman–Crippen MR) is 68.2 cm³/mol. The Morgan fingerprint density at radius 1 is 1.41 bits per heavy atom. The molecule has 1 aromatic rings. The highest BCUT2D eigenvalue weighted by Gasteiger charge is 2.22. The number of fused-ring (bicyclic) bond motifs is 1. The van der Waals surface area contributed by atoms with Crippen LogP contribution in [0, 0.1) is 0 Å². The van der Waals surface area contributed by atoms with Gasteiger partial charge in [-0.1, -0.05) is 18.2 Å². The summed E-state index contributed by atoms with van der Waals surface area (Å²) in [5.74, 6) is 0.987. The molecule has 3 heteroatoms. The number of aliphatic hydroxyl groups excluding tert-OH is 1. The Morgan fingerprint density at radius 3 is 2.94 bits per heavy atom. The number of rotatable bonds is 4. The fourth-order valence-electron chi connectivity index (χ4n) is 2.44. The molecule has 1 heterocycles. The molecule has 17 heavy (non-hydrogen) atoms. The quantitative estimate of drug-likeness (QED) is 0.841. The molecule has 0 aromatic heterocycles. The van der Waals surface area contributed by atoms with Crippen molar-refractivity contribution in [1.29, 1.82) is 0 Å². The van der Waals surface area contributed by atoms with E-state index in [0.29, 0.717) is 12.1 Å². The lowest BCUT2D eigenvalue weighted by molar-refractivity contribution is 0.163. The van der Waals surface area contributed by atoms with Gasteiger partial charge in [0.15, 0.2) is 0 Å². The number of hydrogen-bond donors (Lipinski definition) is 2. The Balaban J connectivity index is 2.03. The second-order valence-corrected chi connectivity index (χ2v) is 4.88. The molecular weight excluding hydrogens is 214 g/mol. The van der Waals surface area contributed by atoms with Gasteiger partial charge in [-0.05, 0) is 26.3 Å². The van der Waals surface area contributed by atoms with Crippen LogP contribution in [-0.2, 0) is 0 Å². The Hall–Kier alpha value is -1.06. The Kier molecular flexibility index (Phi) is 4.02. The molecule has 0 fully saturated rings. The maximum Gasteiger partial charge on any atom is 0.124 e. The summed E-state index contributed by atoms with van der Waals surface area (Å²) in [5.41, 5.74) is 1.23. The van der Waals surface area contributed by atoms with Crippen LogP contribution in [0.25, 0.3) is 0 Å². The third kappa shape index (κ3) is 3.20. The lowest BCUT2D eigenvalue weighted by atomic mass is 9.99. The van der Waals surface area contributed by atoms with Crippen molar-refractivity contribution >= 4 is 0 Å². The number of hydrogen-bond acceptors (Lipinski definition) is 3. The SMILES string of the molecule is CC(O)CC(C)NC1CCOc2ccccc21. The van der Waals surface area contributed by atoms with E-state index in [-0.39, 0.29) is 6.10 Å². The molecule has 0 saturated heterocycles. The van der Waals surface area contributed by atoms with E-state index >= 15 is 0 Å². The van der Waals surface area contributed by atoms with Gasteiger partial charge in [0.05, 0.1) is 12.7 Å². The molecule has 2 N–H and O–H groups in total. The maximum atomic E-state index is 9.38. The second-order valence-electron chi connectivity index (χ2n) is 4.88. The van der Waals surface area contributed by atoms with E-state index in [1.807, 2.05) is 25.1 Å². The number of para-hydroxylation sites is 1. The molecule has 3 unspecified atom stereocenters. The van der Waals surface area contributed by atoms with Crippen molar-refractivity contribution in [2.45, 2.75) is 44.9 Å². The van der Waals surface area contributed by atoms with Crippen molar-refractivity contribution in [3.8, 4) is 5.75 Å². The minimum atomic E-state index is -0.257. The predicted octanol–water partition coefficient (Wildman–Crippen LogP) is 2.26.